The molecule has 0 aromatic rings. The smallest absolute Gasteiger partial charge is 0.339 e. The van der Waals surface area contributed by atoms with Crippen LogP contribution in [-0.2, 0) is 13.9 Å². The molecule has 0 bridgehead atoms. The predicted octanol–water partition coefficient (Wildman–Crippen LogP) is -0.940. The predicted molar refractivity (Wildman–Crippen MR) is 70.2 cm³/mol. The van der Waals surface area contributed by atoms with E-state index in [-0.39, 0.29) is 6.42 Å². The van der Waals surface area contributed by atoms with Crippen LogP contribution in [0.25, 0.3) is 0 Å². The van der Waals surface area contributed by atoms with E-state index in [0.717, 1.165) is 0 Å². The van der Waals surface area contributed by atoms with E-state index in [0.29, 0.717) is 19.4 Å². The minimum Gasteiger partial charge on any atom is -0.480 e. The molecule has 0 saturated carbocycles. The van der Waals surface area contributed by atoms with Gasteiger partial charge in [0, 0.05) is 0 Å². The quantitative estimate of drug-likeness (QED) is 0.184. The molecule has 120 valence electrons. The van der Waals surface area contributed by atoms with Gasteiger partial charge in [0.15, 0.2) is 0 Å². The summed E-state index contributed by atoms with van der Waals surface area (Å²) < 4.78 is 21.1. The van der Waals surface area contributed by atoms with Gasteiger partial charge in [-0.2, -0.15) is 0 Å². The number of unbranched alkanes of at least 4 members (excludes halogenated alkanes) is 1. The highest BCUT2D eigenvalue weighted by Crippen LogP contribution is 2.32. The van der Waals surface area contributed by atoms with Gasteiger partial charge in [0.2, 0.25) is 0 Å². The second-order valence-corrected chi connectivity index (χ2v) is 7.53. The maximum Gasteiger partial charge on any atom is 0.339 e. The van der Waals surface area contributed by atoms with Gasteiger partial charge in [-0.25, -0.2) is 0 Å². The van der Waals surface area contributed by atoms with Crippen LogP contribution in [0.4, 0.5) is 0 Å². The minimum absolute atomic E-state index is 0.160. The number of hydrogen-bond acceptors (Lipinski definition) is 5. The molecule has 0 aromatic carbocycles. The molecule has 0 aliphatic rings. The zero-order chi connectivity index (χ0) is 15.8. The zero-order valence-corrected chi connectivity index (χ0v) is 12.5. The summed E-state index contributed by atoms with van der Waals surface area (Å²) in [6.45, 7) is 0.315. The van der Waals surface area contributed by atoms with Gasteiger partial charge in [-0.15, -0.1) is 0 Å². The van der Waals surface area contributed by atoms with Crippen LogP contribution in [0.3, 0.4) is 0 Å². The number of carboxylic acid groups (broad SMARTS) is 1. The van der Waals surface area contributed by atoms with Crippen molar-refractivity contribution in [1.82, 2.24) is 10.6 Å². The van der Waals surface area contributed by atoms with Crippen molar-refractivity contribution < 1.29 is 38.6 Å². The topological polar surface area (TPSA) is 176 Å². The molecule has 12 heteroatoms. The Morgan fingerprint density at radius 3 is 2.00 bits per heavy atom. The molecule has 7 N–H and O–H groups in total. The molecule has 0 amide bonds. The van der Waals surface area contributed by atoms with Crippen molar-refractivity contribution in [2.45, 2.75) is 25.3 Å². The first-order valence-electron chi connectivity index (χ1n) is 5.77. The van der Waals surface area contributed by atoms with Crippen molar-refractivity contribution in [3.05, 3.63) is 0 Å². The van der Waals surface area contributed by atoms with E-state index < -0.39 is 39.8 Å². The molecule has 0 aliphatic carbocycles. The molecule has 0 spiro atoms. The fourth-order valence-electron chi connectivity index (χ4n) is 1.37. The van der Waals surface area contributed by atoms with Crippen LogP contribution < -0.4 is 10.6 Å². The molecule has 0 aliphatic heterocycles. The molecular formula is C8H20N2O8P2. The summed E-state index contributed by atoms with van der Waals surface area (Å²) in [6.07, 6.45) is -0.0696. The monoisotopic (exact) mass is 334 g/mol. The standard InChI is InChI=1S/C8H20N2O8P2/c11-8(12)7(10-6-20(16,17)18)3-1-2-4-9-5-19(13,14)15/h7,9-10H,1-6H2,(H,11,12)(H2,13,14,15)(H2,16,17,18)/t7-/m0/s1. The van der Waals surface area contributed by atoms with Crippen LogP contribution in [0.15, 0.2) is 0 Å². The van der Waals surface area contributed by atoms with E-state index in [1.54, 1.807) is 0 Å². The third kappa shape index (κ3) is 12.7. The van der Waals surface area contributed by atoms with E-state index >= 15 is 0 Å². The largest absolute Gasteiger partial charge is 0.480 e. The lowest BCUT2D eigenvalue weighted by Crippen LogP contribution is -2.37. The number of nitrogens with one attached hydrogen (secondary N) is 2. The maximum atomic E-state index is 10.8. The molecule has 0 aromatic heterocycles. The Morgan fingerprint density at radius 1 is 1.00 bits per heavy atom. The molecule has 0 fully saturated rings. The van der Waals surface area contributed by atoms with E-state index in [1.165, 1.54) is 0 Å². The number of rotatable bonds is 11. The lowest BCUT2D eigenvalue weighted by molar-refractivity contribution is -0.139. The highest BCUT2D eigenvalue weighted by Gasteiger charge is 2.21. The van der Waals surface area contributed by atoms with Gasteiger partial charge in [-0.1, -0.05) is 6.42 Å². The summed E-state index contributed by atoms with van der Waals surface area (Å²) >= 11 is 0. The number of carbonyl (C=O) groups is 1. The Morgan fingerprint density at radius 2 is 1.55 bits per heavy atom. The first-order valence-corrected chi connectivity index (χ1v) is 9.37. The van der Waals surface area contributed by atoms with E-state index in [4.69, 9.17) is 24.7 Å². The number of carboxylic acids is 1. The Balaban J connectivity index is 3.85. The summed E-state index contributed by atoms with van der Waals surface area (Å²) in [5.41, 5.74) is 0. The van der Waals surface area contributed by atoms with Crippen molar-refractivity contribution in [3.63, 3.8) is 0 Å². The molecule has 0 heterocycles. The first kappa shape index (κ1) is 19.7. The molecule has 10 nitrogen and oxygen atoms in total. The normalized spacial score (nSPS) is 14.2. The van der Waals surface area contributed by atoms with E-state index in [1.807, 2.05) is 0 Å². The van der Waals surface area contributed by atoms with E-state index in [2.05, 4.69) is 10.6 Å². The van der Waals surface area contributed by atoms with Crippen LogP contribution in [0.5, 0.6) is 0 Å². The second kappa shape index (κ2) is 8.86. The summed E-state index contributed by atoms with van der Waals surface area (Å²) in [5, 5.41) is 13.6. The van der Waals surface area contributed by atoms with Crippen molar-refractivity contribution in [3.8, 4) is 0 Å². The Kier molecular flexibility index (Phi) is 8.72. The SMILES string of the molecule is O=C(O)[C@H](CCCCNCP(=O)(O)O)NCP(=O)(O)O. The van der Waals surface area contributed by atoms with Gasteiger partial charge in [-0.05, 0) is 19.4 Å². The maximum absolute atomic E-state index is 10.8. The van der Waals surface area contributed by atoms with Crippen LogP contribution in [0.1, 0.15) is 19.3 Å². The van der Waals surface area contributed by atoms with Gasteiger partial charge in [0.25, 0.3) is 0 Å². The highest BCUT2D eigenvalue weighted by atomic mass is 31.2. The number of aliphatic carboxylic acids is 1. The fraction of sp³-hybridized carbons (Fsp3) is 0.875. The fourth-order valence-corrected chi connectivity index (χ4v) is 2.27. The lowest BCUT2D eigenvalue weighted by Gasteiger charge is -2.15. The summed E-state index contributed by atoms with van der Waals surface area (Å²) in [4.78, 5) is 45.2. The summed E-state index contributed by atoms with van der Waals surface area (Å²) in [7, 11) is -8.38. The average molecular weight is 334 g/mol. The Bertz CT molecular complexity index is 392. The summed E-state index contributed by atoms with van der Waals surface area (Å²) in [6, 6.07) is -1.07. The van der Waals surface area contributed by atoms with Gasteiger partial charge in [0.05, 0.1) is 12.6 Å². The van der Waals surface area contributed by atoms with Crippen LogP contribution in [0.2, 0.25) is 0 Å². The summed E-state index contributed by atoms with van der Waals surface area (Å²) in [5.74, 6) is -1.21. The molecule has 0 rings (SSSR count). The first-order chi connectivity index (χ1) is 9.01. The molecule has 0 unspecified atom stereocenters. The van der Waals surface area contributed by atoms with Crippen LogP contribution in [-0.4, -0.2) is 55.8 Å². The van der Waals surface area contributed by atoms with Gasteiger partial charge in [0.1, 0.15) is 6.04 Å². The van der Waals surface area contributed by atoms with Gasteiger partial charge < -0.3 is 30.0 Å². The van der Waals surface area contributed by atoms with Crippen molar-refractivity contribution in [2.75, 3.05) is 19.1 Å². The second-order valence-electron chi connectivity index (χ2n) is 4.24. The van der Waals surface area contributed by atoms with E-state index in [9.17, 15) is 13.9 Å². The molecular weight excluding hydrogens is 314 g/mol. The highest BCUT2D eigenvalue weighted by molar-refractivity contribution is 7.51. The van der Waals surface area contributed by atoms with Gasteiger partial charge >= 0.3 is 21.2 Å². The zero-order valence-electron chi connectivity index (χ0n) is 10.7. The molecule has 0 saturated heterocycles. The van der Waals surface area contributed by atoms with Crippen molar-refractivity contribution in [2.24, 2.45) is 0 Å². The Labute approximate surface area is 115 Å². The third-order valence-electron chi connectivity index (χ3n) is 2.26. The minimum atomic E-state index is -4.30. The number of hydrogen-bond donors (Lipinski definition) is 7. The van der Waals surface area contributed by atoms with Crippen LogP contribution >= 0.6 is 15.2 Å². The molecule has 1 atom stereocenters. The average Bonchev–Trinajstić information content (AvgIpc) is 2.23. The molecule has 0 radical (unpaired) electrons. The van der Waals surface area contributed by atoms with Crippen molar-refractivity contribution >= 4 is 21.2 Å². The lowest BCUT2D eigenvalue weighted by atomic mass is 10.1. The molecule has 20 heavy (non-hydrogen) atoms. The van der Waals surface area contributed by atoms with Crippen molar-refractivity contribution in [1.29, 1.82) is 0 Å². The third-order valence-corrected chi connectivity index (χ3v) is 3.49. The van der Waals surface area contributed by atoms with Gasteiger partial charge in [-0.3, -0.25) is 19.2 Å². The van der Waals surface area contributed by atoms with Crippen LogP contribution in [0, 0.1) is 0 Å². The Hall–Kier alpha value is -0.310.